The van der Waals surface area contributed by atoms with Crippen molar-refractivity contribution in [2.24, 2.45) is 5.92 Å². The van der Waals surface area contributed by atoms with Crippen LogP contribution in [0.15, 0.2) is 18.2 Å². The van der Waals surface area contributed by atoms with E-state index in [1.165, 1.54) is 18.2 Å². The van der Waals surface area contributed by atoms with Crippen LogP contribution < -0.4 is 5.32 Å². The molecule has 0 radical (unpaired) electrons. The number of halogens is 1. The Balaban J connectivity index is 2.09. The fourth-order valence-electron chi connectivity index (χ4n) is 2.56. The normalized spacial score (nSPS) is 15.7. The standard InChI is InChI=1S/C14H18ClN3O3/c1-17(9-10-2-4-16-5-3-10)14(19)11-6-12(15)8-13(7-11)18(20)21/h6-8,10,16H,2-5,9H2,1H3. The van der Waals surface area contributed by atoms with Crippen LogP contribution in [0.4, 0.5) is 5.69 Å². The molecule has 1 heterocycles. The number of piperidine rings is 1. The smallest absolute Gasteiger partial charge is 0.271 e. The van der Waals surface area contributed by atoms with Crippen molar-refractivity contribution in [3.8, 4) is 0 Å². The Kier molecular flexibility index (Phi) is 5.14. The van der Waals surface area contributed by atoms with Gasteiger partial charge in [-0.25, -0.2) is 0 Å². The van der Waals surface area contributed by atoms with Crippen molar-refractivity contribution in [2.45, 2.75) is 12.8 Å². The van der Waals surface area contributed by atoms with Gasteiger partial charge in [-0.3, -0.25) is 14.9 Å². The molecule has 7 heteroatoms. The number of amides is 1. The van der Waals surface area contributed by atoms with Crippen LogP contribution in [0.2, 0.25) is 5.02 Å². The van der Waals surface area contributed by atoms with Crippen molar-refractivity contribution < 1.29 is 9.72 Å². The number of nitro groups is 1. The summed E-state index contributed by atoms with van der Waals surface area (Å²) in [5.41, 5.74) is 0.0896. The maximum Gasteiger partial charge on any atom is 0.271 e. The van der Waals surface area contributed by atoms with Crippen LogP contribution in [-0.4, -0.2) is 42.4 Å². The number of carbonyl (C=O) groups is 1. The van der Waals surface area contributed by atoms with Gasteiger partial charge in [0.05, 0.1) is 4.92 Å². The summed E-state index contributed by atoms with van der Waals surface area (Å²) < 4.78 is 0. The molecule has 1 aromatic carbocycles. The minimum absolute atomic E-state index is 0.166. The quantitative estimate of drug-likeness (QED) is 0.684. The molecule has 6 nitrogen and oxygen atoms in total. The fourth-order valence-corrected chi connectivity index (χ4v) is 2.79. The van der Waals surface area contributed by atoms with Crippen molar-refractivity contribution in [3.05, 3.63) is 38.9 Å². The van der Waals surface area contributed by atoms with Crippen molar-refractivity contribution in [2.75, 3.05) is 26.7 Å². The van der Waals surface area contributed by atoms with Crippen LogP contribution in [-0.2, 0) is 0 Å². The number of nitro benzene ring substituents is 1. The highest BCUT2D eigenvalue weighted by Gasteiger charge is 2.21. The van der Waals surface area contributed by atoms with Gasteiger partial charge in [0.2, 0.25) is 0 Å². The summed E-state index contributed by atoms with van der Waals surface area (Å²) in [6.07, 6.45) is 2.07. The Labute approximate surface area is 128 Å². The highest BCUT2D eigenvalue weighted by atomic mass is 35.5. The highest BCUT2D eigenvalue weighted by molar-refractivity contribution is 6.31. The first-order valence-corrected chi connectivity index (χ1v) is 7.26. The number of nitrogens with one attached hydrogen (secondary N) is 1. The molecule has 0 unspecified atom stereocenters. The third-order valence-electron chi connectivity index (χ3n) is 3.68. The molecule has 0 saturated carbocycles. The van der Waals surface area contributed by atoms with Crippen LogP contribution in [0.3, 0.4) is 0 Å². The second kappa shape index (κ2) is 6.87. The lowest BCUT2D eigenvalue weighted by molar-refractivity contribution is -0.384. The molecular weight excluding hydrogens is 294 g/mol. The van der Waals surface area contributed by atoms with Crippen LogP contribution in [0.25, 0.3) is 0 Å². The summed E-state index contributed by atoms with van der Waals surface area (Å²) >= 11 is 5.85. The van der Waals surface area contributed by atoms with E-state index < -0.39 is 4.92 Å². The van der Waals surface area contributed by atoms with E-state index in [2.05, 4.69) is 5.32 Å². The van der Waals surface area contributed by atoms with E-state index in [9.17, 15) is 14.9 Å². The predicted molar refractivity (Wildman–Crippen MR) is 80.7 cm³/mol. The lowest BCUT2D eigenvalue weighted by Gasteiger charge is -2.27. The second-order valence-corrected chi connectivity index (χ2v) is 5.77. The average Bonchev–Trinajstić information content (AvgIpc) is 2.46. The third kappa shape index (κ3) is 4.15. The Morgan fingerprint density at radius 2 is 2.10 bits per heavy atom. The van der Waals surface area contributed by atoms with E-state index >= 15 is 0 Å². The molecule has 1 N–H and O–H groups in total. The van der Waals surface area contributed by atoms with Gasteiger partial charge in [0, 0.05) is 36.3 Å². The zero-order chi connectivity index (χ0) is 15.4. The summed E-state index contributed by atoms with van der Waals surface area (Å²) in [5.74, 6) is 0.230. The number of hydrogen-bond donors (Lipinski definition) is 1. The van der Waals surface area contributed by atoms with E-state index in [1.54, 1.807) is 11.9 Å². The minimum atomic E-state index is -0.546. The van der Waals surface area contributed by atoms with Gasteiger partial charge in [0.1, 0.15) is 0 Å². The van der Waals surface area contributed by atoms with E-state index in [0.717, 1.165) is 25.9 Å². The first-order chi connectivity index (χ1) is 9.97. The predicted octanol–water partition coefficient (Wildman–Crippen LogP) is 2.32. The second-order valence-electron chi connectivity index (χ2n) is 5.33. The molecule has 0 bridgehead atoms. The van der Waals surface area contributed by atoms with Crippen LogP contribution >= 0.6 is 11.6 Å². The lowest BCUT2D eigenvalue weighted by Crippen LogP contribution is -2.37. The Bertz CT molecular complexity index is 544. The largest absolute Gasteiger partial charge is 0.341 e. The SMILES string of the molecule is CN(CC1CCNCC1)C(=O)c1cc(Cl)cc([N+](=O)[O-])c1. The van der Waals surface area contributed by atoms with Gasteiger partial charge in [-0.15, -0.1) is 0 Å². The van der Waals surface area contributed by atoms with Crippen LogP contribution in [0, 0.1) is 16.0 Å². The Morgan fingerprint density at radius 1 is 1.43 bits per heavy atom. The van der Waals surface area contributed by atoms with Crippen LogP contribution in [0.1, 0.15) is 23.2 Å². The van der Waals surface area contributed by atoms with Gasteiger partial charge in [-0.2, -0.15) is 0 Å². The maximum atomic E-state index is 12.4. The average molecular weight is 312 g/mol. The van der Waals surface area contributed by atoms with Crippen molar-refractivity contribution in [1.82, 2.24) is 10.2 Å². The Hall–Kier alpha value is -1.66. The third-order valence-corrected chi connectivity index (χ3v) is 3.90. The highest BCUT2D eigenvalue weighted by Crippen LogP contribution is 2.22. The summed E-state index contributed by atoms with van der Waals surface area (Å²) in [6.45, 7) is 2.59. The molecular formula is C14H18ClN3O3. The van der Waals surface area contributed by atoms with Gasteiger partial charge < -0.3 is 10.2 Å². The van der Waals surface area contributed by atoms with E-state index in [0.29, 0.717) is 12.5 Å². The number of benzene rings is 1. The molecule has 0 atom stereocenters. The molecule has 0 spiro atoms. The van der Waals surface area contributed by atoms with Gasteiger partial charge in [0.25, 0.3) is 11.6 Å². The fraction of sp³-hybridized carbons (Fsp3) is 0.500. The first-order valence-electron chi connectivity index (χ1n) is 6.88. The number of rotatable bonds is 4. The van der Waals surface area contributed by atoms with E-state index in [1.807, 2.05) is 0 Å². The molecule has 0 aromatic heterocycles. The molecule has 1 saturated heterocycles. The molecule has 1 aliphatic heterocycles. The molecule has 21 heavy (non-hydrogen) atoms. The molecule has 1 aromatic rings. The molecule has 1 aliphatic rings. The summed E-state index contributed by atoms with van der Waals surface area (Å²) in [4.78, 5) is 24.3. The molecule has 1 fully saturated rings. The number of hydrogen-bond acceptors (Lipinski definition) is 4. The van der Waals surface area contributed by atoms with Gasteiger partial charge >= 0.3 is 0 Å². The van der Waals surface area contributed by atoms with Gasteiger partial charge in [-0.1, -0.05) is 11.6 Å². The molecule has 0 aliphatic carbocycles. The Morgan fingerprint density at radius 3 is 2.71 bits per heavy atom. The molecule has 1 amide bonds. The zero-order valence-corrected chi connectivity index (χ0v) is 12.6. The van der Waals surface area contributed by atoms with E-state index in [-0.39, 0.29) is 22.2 Å². The summed E-state index contributed by atoms with van der Waals surface area (Å²) in [5, 5.41) is 14.3. The molecule has 2 rings (SSSR count). The first kappa shape index (κ1) is 15.7. The minimum Gasteiger partial charge on any atom is -0.341 e. The lowest BCUT2D eigenvalue weighted by atomic mass is 9.97. The molecule has 114 valence electrons. The van der Waals surface area contributed by atoms with Gasteiger partial charge in [-0.05, 0) is 37.9 Å². The number of carbonyl (C=O) groups excluding carboxylic acids is 1. The number of nitrogens with zero attached hydrogens (tertiary/aromatic N) is 2. The summed E-state index contributed by atoms with van der Waals surface area (Å²) in [7, 11) is 1.72. The number of non-ortho nitro benzene ring substituents is 1. The van der Waals surface area contributed by atoms with Gasteiger partial charge in [0.15, 0.2) is 0 Å². The topological polar surface area (TPSA) is 75.5 Å². The van der Waals surface area contributed by atoms with Crippen molar-refractivity contribution in [1.29, 1.82) is 0 Å². The monoisotopic (exact) mass is 311 g/mol. The van der Waals surface area contributed by atoms with E-state index in [4.69, 9.17) is 11.6 Å². The maximum absolute atomic E-state index is 12.4. The van der Waals surface area contributed by atoms with Crippen LogP contribution in [0.5, 0.6) is 0 Å². The van der Waals surface area contributed by atoms with Crippen molar-refractivity contribution >= 4 is 23.2 Å². The summed E-state index contributed by atoms with van der Waals surface area (Å²) in [6, 6.07) is 3.98. The van der Waals surface area contributed by atoms with Crippen molar-refractivity contribution in [3.63, 3.8) is 0 Å². The zero-order valence-electron chi connectivity index (χ0n) is 11.8.